The van der Waals surface area contributed by atoms with Gasteiger partial charge in [-0.3, -0.25) is 0 Å². The summed E-state index contributed by atoms with van der Waals surface area (Å²) in [6, 6.07) is 79.6. The summed E-state index contributed by atoms with van der Waals surface area (Å²) in [7, 11) is 0. The van der Waals surface area contributed by atoms with E-state index in [-0.39, 0.29) is 5.41 Å². The van der Waals surface area contributed by atoms with Crippen LogP contribution in [0.5, 0.6) is 0 Å². The Morgan fingerprint density at radius 2 is 0.615 bits per heavy atom. The van der Waals surface area contributed by atoms with E-state index in [9.17, 15) is 0 Å². The van der Waals surface area contributed by atoms with E-state index in [1.807, 2.05) is 27.7 Å². The standard InChI is InChI=1S/C58H45N3.2C2H6/c1-58(2,3)44-29-35-57-53(39-44)52-38-43(28-34-56(52)61(57)48-22-14-7-15-23-48)42-27-33-55-51(37-42)50-36-41(26-32-54(50)60(55)47-20-12-6-13-21-47)40-24-30-49(31-25-40)59(45-16-8-4-9-17-45)46-18-10-5-11-19-46;2*1-2/h4-39H,1-3H3;2*1-2H3. The third-order valence-corrected chi connectivity index (χ3v) is 12.2. The van der Waals surface area contributed by atoms with E-state index in [1.165, 1.54) is 77.1 Å². The molecule has 0 unspecified atom stereocenters. The molecule has 0 N–H and O–H groups in total. The molecule has 0 saturated carbocycles. The molecule has 9 aromatic carbocycles. The van der Waals surface area contributed by atoms with Crippen molar-refractivity contribution < 1.29 is 0 Å². The van der Waals surface area contributed by atoms with Gasteiger partial charge in [0.25, 0.3) is 0 Å². The molecule has 65 heavy (non-hydrogen) atoms. The molecule has 0 saturated heterocycles. The zero-order valence-corrected chi connectivity index (χ0v) is 38.6. The predicted octanol–water partition coefficient (Wildman–Crippen LogP) is 18.0. The Labute approximate surface area is 384 Å². The van der Waals surface area contributed by atoms with Crippen molar-refractivity contribution in [3.05, 3.63) is 224 Å². The minimum atomic E-state index is 0.0382. The van der Waals surface area contributed by atoms with Gasteiger partial charge in [0.15, 0.2) is 0 Å². The van der Waals surface area contributed by atoms with Gasteiger partial charge >= 0.3 is 0 Å². The fraction of sp³-hybridized carbons (Fsp3) is 0.129. The summed E-state index contributed by atoms with van der Waals surface area (Å²) in [5.41, 5.74) is 16.7. The predicted molar refractivity (Wildman–Crippen MR) is 282 cm³/mol. The number of hydrogen-bond acceptors (Lipinski definition) is 1. The molecule has 0 aliphatic heterocycles. The monoisotopic (exact) mass is 843 g/mol. The average Bonchev–Trinajstić information content (AvgIpc) is 3.88. The highest BCUT2D eigenvalue weighted by molar-refractivity contribution is 6.13. The van der Waals surface area contributed by atoms with Crippen LogP contribution < -0.4 is 4.90 Å². The van der Waals surface area contributed by atoms with Crippen LogP contribution >= 0.6 is 0 Å². The van der Waals surface area contributed by atoms with Crippen LogP contribution in [0.15, 0.2) is 218 Å². The molecule has 2 aromatic heterocycles. The number of nitrogens with zero attached hydrogens (tertiary/aromatic N) is 3. The molecule has 0 atom stereocenters. The zero-order valence-electron chi connectivity index (χ0n) is 38.6. The summed E-state index contributed by atoms with van der Waals surface area (Å²) in [6.07, 6.45) is 0. The van der Waals surface area contributed by atoms with Crippen LogP contribution in [0, 0.1) is 0 Å². The van der Waals surface area contributed by atoms with Crippen molar-refractivity contribution in [1.29, 1.82) is 0 Å². The van der Waals surface area contributed by atoms with Crippen molar-refractivity contribution in [2.75, 3.05) is 4.90 Å². The first-order valence-electron chi connectivity index (χ1n) is 23.2. The van der Waals surface area contributed by atoms with Gasteiger partial charge in [-0.05, 0) is 142 Å². The van der Waals surface area contributed by atoms with E-state index < -0.39 is 0 Å². The van der Waals surface area contributed by atoms with Crippen LogP contribution in [0.2, 0.25) is 0 Å². The fourth-order valence-electron chi connectivity index (χ4n) is 9.17. The second-order valence-corrected chi connectivity index (χ2v) is 17.1. The fourth-order valence-corrected chi connectivity index (χ4v) is 9.17. The van der Waals surface area contributed by atoms with Gasteiger partial charge in [0.1, 0.15) is 0 Å². The molecular formula is C62H57N3. The van der Waals surface area contributed by atoms with Crippen LogP contribution in [0.25, 0.3) is 77.2 Å². The van der Waals surface area contributed by atoms with Crippen LogP contribution in [0.1, 0.15) is 54.0 Å². The Kier molecular flexibility index (Phi) is 12.0. The summed E-state index contributed by atoms with van der Waals surface area (Å²) in [5.74, 6) is 0. The maximum absolute atomic E-state index is 2.41. The average molecular weight is 844 g/mol. The highest BCUT2D eigenvalue weighted by Crippen LogP contribution is 2.41. The Morgan fingerprint density at radius 3 is 1.00 bits per heavy atom. The number of benzene rings is 9. The normalized spacial score (nSPS) is 11.3. The Hall–Kier alpha value is -7.62. The topological polar surface area (TPSA) is 13.1 Å². The van der Waals surface area contributed by atoms with Gasteiger partial charge in [-0.1, -0.05) is 158 Å². The number of aromatic nitrogens is 2. The molecule has 0 fully saturated rings. The number of hydrogen-bond donors (Lipinski definition) is 0. The van der Waals surface area contributed by atoms with Gasteiger partial charge in [-0.15, -0.1) is 0 Å². The van der Waals surface area contributed by atoms with Crippen molar-refractivity contribution in [1.82, 2.24) is 9.13 Å². The smallest absolute Gasteiger partial charge is 0.0541 e. The zero-order chi connectivity index (χ0) is 45.1. The minimum absolute atomic E-state index is 0.0382. The van der Waals surface area contributed by atoms with Crippen molar-refractivity contribution in [3.63, 3.8) is 0 Å². The summed E-state index contributed by atoms with van der Waals surface area (Å²) >= 11 is 0. The van der Waals surface area contributed by atoms with E-state index in [0.29, 0.717) is 0 Å². The molecule has 0 spiro atoms. The van der Waals surface area contributed by atoms with E-state index in [0.717, 1.165) is 22.7 Å². The van der Waals surface area contributed by atoms with Crippen molar-refractivity contribution in [2.45, 2.75) is 53.9 Å². The summed E-state index contributed by atoms with van der Waals surface area (Å²) in [6.45, 7) is 14.9. The second kappa shape index (κ2) is 18.2. The molecule has 11 rings (SSSR count). The lowest BCUT2D eigenvalue weighted by atomic mass is 9.86. The maximum Gasteiger partial charge on any atom is 0.0541 e. The number of fused-ring (bicyclic) bond motifs is 6. The van der Waals surface area contributed by atoms with E-state index in [1.54, 1.807) is 0 Å². The first-order chi connectivity index (χ1) is 31.9. The molecule has 0 amide bonds. The molecule has 320 valence electrons. The lowest BCUT2D eigenvalue weighted by Crippen LogP contribution is -2.10. The molecule has 0 bridgehead atoms. The molecular weight excluding hydrogens is 787 g/mol. The molecule has 0 radical (unpaired) electrons. The molecule has 0 aliphatic carbocycles. The molecule has 3 heteroatoms. The van der Waals surface area contributed by atoms with Crippen molar-refractivity contribution in [2.24, 2.45) is 0 Å². The highest BCUT2D eigenvalue weighted by atomic mass is 15.1. The summed E-state index contributed by atoms with van der Waals surface area (Å²) in [5, 5.41) is 5.00. The quantitative estimate of drug-likeness (QED) is 0.156. The minimum Gasteiger partial charge on any atom is -0.311 e. The van der Waals surface area contributed by atoms with Gasteiger partial charge in [0.2, 0.25) is 0 Å². The largest absolute Gasteiger partial charge is 0.311 e. The third-order valence-electron chi connectivity index (χ3n) is 12.2. The lowest BCUT2D eigenvalue weighted by molar-refractivity contribution is 0.591. The number of para-hydroxylation sites is 4. The van der Waals surface area contributed by atoms with Gasteiger partial charge in [-0.25, -0.2) is 0 Å². The molecule has 11 aromatic rings. The summed E-state index contributed by atoms with van der Waals surface area (Å²) < 4.78 is 4.82. The van der Waals surface area contributed by atoms with Gasteiger partial charge < -0.3 is 14.0 Å². The van der Waals surface area contributed by atoms with Gasteiger partial charge in [0, 0.05) is 50.0 Å². The summed E-state index contributed by atoms with van der Waals surface area (Å²) in [4.78, 5) is 2.31. The van der Waals surface area contributed by atoms with Crippen molar-refractivity contribution in [3.8, 4) is 33.6 Å². The van der Waals surface area contributed by atoms with E-state index >= 15 is 0 Å². The molecule has 2 heterocycles. The van der Waals surface area contributed by atoms with Gasteiger partial charge in [0.05, 0.1) is 22.1 Å². The lowest BCUT2D eigenvalue weighted by Gasteiger charge is -2.25. The third kappa shape index (κ3) is 8.00. The SMILES string of the molecule is CC.CC.CC(C)(C)c1ccc2c(c1)c1cc(-c3ccc4c(c3)c3cc(-c5ccc(N(c6ccccc6)c6ccccc6)cc5)ccc3n4-c3ccccc3)ccc1n2-c1ccccc1. The highest BCUT2D eigenvalue weighted by Gasteiger charge is 2.20. The van der Waals surface area contributed by atoms with Gasteiger partial charge in [-0.2, -0.15) is 0 Å². The Morgan fingerprint density at radius 1 is 0.308 bits per heavy atom. The second-order valence-electron chi connectivity index (χ2n) is 17.1. The van der Waals surface area contributed by atoms with E-state index in [2.05, 4.69) is 253 Å². The first kappa shape index (κ1) is 42.7. The van der Waals surface area contributed by atoms with Crippen LogP contribution in [0.3, 0.4) is 0 Å². The molecule has 0 aliphatic rings. The Bertz CT molecular complexity index is 3320. The maximum atomic E-state index is 2.41. The van der Waals surface area contributed by atoms with Crippen LogP contribution in [0.4, 0.5) is 17.1 Å². The van der Waals surface area contributed by atoms with E-state index in [4.69, 9.17) is 0 Å². The van der Waals surface area contributed by atoms with Crippen molar-refractivity contribution >= 4 is 60.7 Å². The Balaban J connectivity index is 0.00000130. The number of anilines is 3. The molecule has 3 nitrogen and oxygen atoms in total. The first-order valence-corrected chi connectivity index (χ1v) is 23.2. The van der Waals surface area contributed by atoms with Crippen LogP contribution in [-0.4, -0.2) is 9.13 Å². The van der Waals surface area contributed by atoms with Crippen LogP contribution in [-0.2, 0) is 5.41 Å². The number of rotatable bonds is 7.